The highest BCUT2D eigenvalue weighted by Gasteiger charge is 2.22. The maximum Gasteiger partial charge on any atom is 0.338 e. The van der Waals surface area contributed by atoms with Crippen LogP contribution in [0.2, 0.25) is 0 Å². The quantitative estimate of drug-likeness (QED) is 0.460. The van der Waals surface area contributed by atoms with Crippen molar-refractivity contribution in [3.8, 4) is 0 Å². The molecule has 26 heavy (non-hydrogen) atoms. The van der Waals surface area contributed by atoms with Crippen LogP contribution in [0, 0.1) is 0 Å². The first kappa shape index (κ1) is 20.1. The fraction of sp³-hybridized carbons (Fsp3) is 0.200. The van der Waals surface area contributed by atoms with E-state index in [1.54, 1.807) is 60.7 Å². The third-order valence-electron chi connectivity index (χ3n) is 3.81. The summed E-state index contributed by atoms with van der Waals surface area (Å²) in [6.07, 6.45) is 4.25. The molecule has 136 valence electrons. The Kier molecular flexibility index (Phi) is 8.25. The fourth-order valence-electron chi connectivity index (χ4n) is 2.52. The standard InChI is InChI=1S/C20H18O4.ClHS/c21-19(15-7-3-1-4-8-15)23-17-11-13-18(14-12-17)24-20(22)16-9-5-2-6-10-16;1-2/h1-11,13,17-18H,12,14H2;2H. The minimum atomic E-state index is -0.343. The third kappa shape index (κ3) is 5.93. The summed E-state index contributed by atoms with van der Waals surface area (Å²) in [6.45, 7) is 0. The number of hydrogen-bond donors (Lipinski definition) is 1. The molecule has 0 saturated carbocycles. The maximum absolute atomic E-state index is 12.0. The number of thiol groups is 1. The smallest absolute Gasteiger partial charge is 0.338 e. The zero-order valence-corrected chi connectivity index (χ0v) is 15.6. The van der Waals surface area contributed by atoms with E-state index in [1.807, 2.05) is 12.1 Å². The topological polar surface area (TPSA) is 52.6 Å². The highest BCUT2D eigenvalue weighted by Crippen LogP contribution is 2.19. The highest BCUT2D eigenvalue weighted by molar-refractivity contribution is 8.05. The molecule has 2 aromatic carbocycles. The molecule has 0 N–H and O–H groups in total. The van der Waals surface area contributed by atoms with Gasteiger partial charge in [-0.05, 0) is 59.9 Å². The molecule has 6 heteroatoms. The molecule has 1 aliphatic carbocycles. The van der Waals surface area contributed by atoms with Crippen LogP contribution in [0.5, 0.6) is 0 Å². The molecule has 0 amide bonds. The van der Waals surface area contributed by atoms with Crippen LogP contribution in [0.1, 0.15) is 33.6 Å². The minimum Gasteiger partial charge on any atom is -0.455 e. The predicted molar refractivity (Wildman–Crippen MR) is 105 cm³/mol. The lowest BCUT2D eigenvalue weighted by molar-refractivity contribution is 0.0223. The van der Waals surface area contributed by atoms with Crippen LogP contribution >= 0.6 is 22.5 Å². The third-order valence-corrected chi connectivity index (χ3v) is 3.81. The Morgan fingerprint density at radius 1 is 0.731 bits per heavy atom. The lowest BCUT2D eigenvalue weighted by Crippen LogP contribution is -2.25. The molecule has 0 radical (unpaired) electrons. The first-order valence-electron chi connectivity index (χ1n) is 8.09. The molecule has 0 aromatic heterocycles. The second-order valence-corrected chi connectivity index (χ2v) is 5.58. The Morgan fingerprint density at radius 2 is 1.08 bits per heavy atom. The van der Waals surface area contributed by atoms with E-state index in [9.17, 15) is 9.59 Å². The maximum atomic E-state index is 12.0. The summed E-state index contributed by atoms with van der Waals surface area (Å²) in [6, 6.07) is 17.8. The van der Waals surface area contributed by atoms with Crippen LogP contribution in [0.4, 0.5) is 0 Å². The van der Waals surface area contributed by atoms with E-state index in [2.05, 4.69) is 22.5 Å². The van der Waals surface area contributed by atoms with Crippen molar-refractivity contribution in [1.82, 2.24) is 0 Å². The van der Waals surface area contributed by atoms with Crippen LogP contribution in [0.3, 0.4) is 0 Å². The van der Waals surface area contributed by atoms with E-state index in [1.165, 1.54) is 0 Å². The van der Waals surface area contributed by atoms with Gasteiger partial charge in [0.05, 0.1) is 11.1 Å². The zero-order valence-electron chi connectivity index (χ0n) is 14.0. The van der Waals surface area contributed by atoms with Gasteiger partial charge in [-0.3, -0.25) is 0 Å². The van der Waals surface area contributed by atoms with E-state index >= 15 is 0 Å². The average Bonchev–Trinajstić information content (AvgIpc) is 2.72. The Morgan fingerprint density at radius 3 is 1.38 bits per heavy atom. The highest BCUT2D eigenvalue weighted by atomic mass is 35.7. The van der Waals surface area contributed by atoms with E-state index in [4.69, 9.17) is 9.47 Å². The van der Waals surface area contributed by atoms with Gasteiger partial charge < -0.3 is 9.47 Å². The Hall–Kier alpha value is -2.24. The molecule has 2 aromatic rings. The van der Waals surface area contributed by atoms with Crippen molar-refractivity contribution in [3.05, 3.63) is 83.9 Å². The largest absolute Gasteiger partial charge is 0.455 e. The lowest BCUT2D eigenvalue weighted by atomic mass is 10.0. The number of carbonyl (C=O) groups excluding carboxylic acids is 2. The van der Waals surface area contributed by atoms with E-state index in [0.717, 1.165) is 0 Å². The predicted octanol–water partition coefficient (Wildman–Crippen LogP) is 4.86. The van der Waals surface area contributed by atoms with Crippen molar-refractivity contribution in [2.24, 2.45) is 0 Å². The Balaban J connectivity index is 0.00000117. The molecule has 0 bridgehead atoms. The number of hydrogen-bond acceptors (Lipinski definition) is 5. The van der Waals surface area contributed by atoms with Crippen molar-refractivity contribution in [3.63, 3.8) is 0 Å². The zero-order chi connectivity index (χ0) is 18.8. The number of halogens is 1. The molecule has 3 rings (SSSR count). The van der Waals surface area contributed by atoms with Gasteiger partial charge in [-0.1, -0.05) is 48.2 Å². The summed E-state index contributed by atoms with van der Waals surface area (Å²) < 4.78 is 10.9. The average molecular weight is 391 g/mol. The van der Waals surface area contributed by atoms with Crippen LogP contribution in [0.25, 0.3) is 0 Å². The molecule has 0 spiro atoms. The molecule has 0 heterocycles. The summed E-state index contributed by atoms with van der Waals surface area (Å²) in [5.41, 5.74) is 1.06. The summed E-state index contributed by atoms with van der Waals surface area (Å²) in [5.74, 6) is -0.685. The summed E-state index contributed by atoms with van der Waals surface area (Å²) in [7, 11) is 4.33. The van der Waals surface area contributed by atoms with Gasteiger partial charge in [0, 0.05) is 0 Å². The second-order valence-electron chi connectivity index (χ2n) is 5.58. The van der Waals surface area contributed by atoms with Crippen LogP contribution in [0.15, 0.2) is 72.8 Å². The molecule has 0 fully saturated rings. The van der Waals surface area contributed by atoms with Gasteiger partial charge >= 0.3 is 11.9 Å². The fourth-order valence-corrected chi connectivity index (χ4v) is 2.52. The summed E-state index contributed by atoms with van der Waals surface area (Å²) >= 11 is 3.00. The number of esters is 2. The number of rotatable bonds is 4. The van der Waals surface area contributed by atoms with Gasteiger partial charge in [-0.25, -0.2) is 9.59 Å². The van der Waals surface area contributed by atoms with Crippen molar-refractivity contribution in [2.75, 3.05) is 0 Å². The minimum absolute atomic E-state index is 0.288. The number of carbonyl (C=O) groups is 2. The SMILES string of the molecule is O=C(OC1C=CC(OC(=O)c2ccccc2)CC1)c1ccccc1.SCl. The first-order valence-corrected chi connectivity index (χ1v) is 9.45. The number of benzene rings is 2. The normalized spacial score (nSPS) is 18.2. The lowest BCUT2D eigenvalue weighted by Gasteiger charge is -2.23. The van der Waals surface area contributed by atoms with E-state index < -0.39 is 0 Å². The van der Waals surface area contributed by atoms with Crippen molar-refractivity contribution in [2.45, 2.75) is 25.0 Å². The van der Waals surface area contributed by atoms with Gasteiger partial charge in [-0.15, -0.1) is 0 Å². The Labute approximate surface area is 162 Å². The molecule has 1 aliphatic rings. The van der Waals surface area contributed by atoms with Gasteiger partial charge in [0.25, 0.3) is 0 Å². The first-order chi connectivity index (χ1) is 12.7. The van der Waals surface area contributed by atoms with Crippen molar-refractivity contribution < 1.29 is 19.1 Å². The van der Waals surface area contributed by atoms with E-state index in [-0.39, 0.29) is 24.1 Å². The van der Waals surface area contributed by atoms with Gasteiger partial charge in [0.2, 0.25) is 0 Å². The van der Waals surface area contributed by atoms with Crippen molar-refractivity contribution in [1.29, 1.82) is 0 Å². The molecular formula is C20H19ClO4S. The van der Waals surface area contributed by atoms with Crippen LogP contribution in [-0.4, -0.2) is 24.1 Å². The van der Waals surface area contributed by atoms with Crippen LogP contribution in [-0.2, 0) is 9.47 Å². The number of ether oxygens (including phenoxy) is 2. The molecule has 0 saturated heterocycles. The molecule has 0 aliphatic heterocycles. The summed E-state index contributed by atoms with van der Waals surface area (Å²) in [4.78, 5) is 24.0. The monoisotopic (exact) mass is 390 g/mol. The molecule has 2 atom stereocenters. The van der Waals surface area contributed by atoms with Gasteiger partial charge in [0.15, 0.2) is 0 Å². The van der Waals surface area contributed by atoms with Gasteiger partial charge in [-0.2, -0.15) is 0 Å². The molecular weight excluding hydrogens is 372 g/mol. The Bertz CT molecular complexity index is 670. The summed E-state index contributed by atoms with van der Waals surface area (Å²) in [5, 5.41) is 0. The van der Waals surface area contributed by atoms with Crippen molar-refractivity contribution >= 4 is 34.5 Å². The second kappa shape index (κ2) is 10.7. The molecule has 2 unspecified atom stereocenters. The molecule has 4 nitrogen and oxygen atoms in total. The van der Waals surface area contributed by atoms with Gasteiger partial charge in [0.1, 0.15) is 12.2 Å². The van der Waals surface area contributed by atoms with E-state index in [0.29, 0.717) is 24.0 Å². The van der Waals surface area contributed by atoms with Crippen LogP contribution < -0.4 is 0 Å².